The summed E-state index contributed by atoms with van der Waals surface area (Å²) in [5, 5.41) is 0. The van der Waals surface area contributed by atoms with Crippen molar-refractivity contribution < 1.29 is 0 Å². The summed E-state index contributed by atoms with van der Waals surface area (Å²) in [6, 6.07) is 0. The van der Waals surface area contributed by atoms with Crippen LogP contribution in [0, 0.1) is 0 Å². The molecule has 6 nitrogen and oxygen atoms in total. The second kappa shape index (κ2) is 4.15. The molecule has 0 aromatic heterocycles. The van der Waals surface area contributed by atoms with Gasteiger partial charge in [0.15, 0.2) is 0 Å². The molecular formula is C3H9Br3N6. The third kappa shape index (κ3) is 1.83. The van der Waals surface area contributed by atoms with Crippen LogP contribution in [-0.2, 0) is 0 Å². The zero-order valence-electron chi connectivity index (χ0n) is 5.94. The minimum absolute atomic E-state index is 0.413. The molecule has 1 aliphatic rings. The first kappa shape index (κ1) is 11.3. The van der Waals surface area contributed by atoms with Gasteiger partial charge in [0.2, 0.25) is 0 Å². The predicted molar refractivity (Wildman–Crippen MR) is 56.2 cm³/mol. The van der Waals surface area contributed by atoms with Gasteiger partial charge in [-0.25, -0.2) is 0 Å². The third-order valence-electron chi connectivity index (χ3n) is 1.52. The Morgan fingerprint density at radius 2 is 0.833 bits per heavy atom. The van der Waals surface area contributed by atoms with Crippen molar-refractivity contribution in [1.82, 2.24) is 11.8 Å². The molecule has 1 saturated heterocycles. The molecule has 0 radical (unpaired) electrons. The van der Waals surface area contributed by atoms with E-state index >= 15 is 0 Å². The first-order chi connectivity index (χ1) is 5.46. The second-order valence-corrected chi connectivity index (χ2v) is 4.73. The number of hydrogen-bond acceptors (Lipinski definition) is 6. The lowest BCUT2D eigenvalue weighted by Gasteiger charge is -2.46. The summed E-state index contributed by atoms with van der Waals surface area (Å²) in [5.74, 6) is 0. The molecule has 72 valence electrons. The molecule has 0 amide bonds. The van der Waals surface area contributed by atoms with Crippen LogP contribution in [0.2, 0.25) is 0 Å². The zero-order chi connectivity index (χ0) is 9.46. The van der Waals surface area contributed by atoms with Gasteiger partial charge in [0.05, 0.1) is 0 Å². The molecule has 6 N–H and O–H groups in total. The molecule has 0 atom stereocenters. The van der Waals surface area contributed by atoms with Crippen LogP contribution in [0.4, 0.5) is 0 Å². The predicted octanol–water partition coefficient (Wildman–Crippen LogP) is -0.437. The summed E-state index contributed by atoms with van der Waals surface area (Å²) in [4.78, 5) is 0. The summed E-state index contributed by atoms with van der Waals surface area (Å²) in [6.07, 6.45) is -1.24. The molecule has 9 heteroatoms. The van der Waals surface area contributed by atoms with E-state index < -0.39 is 18.9 Å². The van der Waals surface area contributed by atoms with E-state index in [9.17, 15) is 0 Å². The van der Waals surface area contributed by atoms with E-state index in [1.54, 1.807) is 11.8 Å². The van der Waals surface area contributed by atoms with Gasteiger partial charge in [-0.2, -0.15) is 11.8 Å². The summed E-state index contributed by atoms with van der Waals surface area (Å²) in [6.45, 7) is 0. The normalized spacial score (nSPS) is 42.0. The Bertz CT molecular complexity index is 110. The molecule has 0 aliphatic carbocycles. The highest BCUT2D eigenvalue weighted by Gasteiger charge is 2.39. The van der Waals surface area contributed by atoms with Crippen molar-refractivity contribution >= 4 is 48.4 Å². The monoisotopic (exact) mass is 366 g/mol. The largest absolute Gasteiger partial charge is 0.302 e. The molecule has 0 spiro atoms. The Labute approximate surface area is 96.0 Å². The van der Waals surface area contributed by atoms with E-state index in [0.717, 1.165) is 0 Å². The van der Waals surface area contributed by atoms with Gasteiger partial charge in [0.25, 0.3) is 0 Å². The second-order valence-electron chi connectivity index (χ2n) is 2.27. The van der Waals surface area contributed by atoms with Gasteiger partial charge in [-0.3, -0.25) is 0 Å². The molecule has 0 saturated carbocycles. The SMILES string of the molecule is NC1N(Br)C(N)N(Br)C(N)N1Br. The van der Waals surface area contributed by atoms with Crippen LogP contribution < -0.4 is 17.2 Å². The molecule has 0 unspecified atom stereocenters. The van der Waals surface area contributed by atoms with Crippen LogP contribution >= 0.6 is 48.4 Å². The summed E-state index contributed by atoms with van der Waals surface area (Å²) < 4.78 is 4.71. The van der Waals surface area contributed by atoms with E-state index in [1.165, 1.54) is 0 Å². The third-order valence-corrected chi connectivity index (χ3v) is 4.03. The lowest BCUT2D eigenvalue weighted by molar-refractivity contribution is -0.00919. The van der Waals surface area contributed by atoms with Crippen LogP contribution in [0.15, 0.2) is 0 Å². The smallest absolute Gasteiger partial charge is 0.138 e. The molecule has 0 aromatic carbocycles. The highest BCUT2D eigenvalue weighted by atomic mass is 79.9. The van der Waals surface area contributed by atoms with Crippen molar-refractivity contribution in [1.29, 1.82) is 0 Å². The van der Waals surface area contributed by atoms with Gasteiger partial charge in [-0.1, -0.05) is 0 Å². The molecule has 12 heavy (non-hydrogen) atoms. The lowest BCUT2D eigenvalue weighted by atomic mass is 10.6. The fourth-order valence-electron chi connectivity index (χ4n) is 0.786. The van der Waals surface area contributed by atoms with Crippen molar-refractivity contribution in [2.45, 2.75) is 18.9 Å². The standard InChI is InChI=1S/C3H9Br3N6/c4-10-1(7)11(5)3(9)12(6)2(10)8/h1-3H,7-9H2. The molecule has 1 aliphatic heterocycles. The van der Waals surface area contributed by atoms with Gasteiger partial charge >= 0.3 is 0 Å². The topological polar surface area (TPSA) is 87.8 Å². The minimum Gasteiger partial charge on any atom is -0.302 e. The maximum atomic E-state index is 5.72. The van der Waals surface area contributed by atoms with Gasteiger partial charge in [0.1, 0.15) is 18.9 Å². The summed E-state index contributed by atoms with van der Waals surface area (Å²) in [7, 11) is 0. The van der Waals surface area contributed by atoms with Gasteiger partial charge in [0, 0.05) is 48.4 Å². The molecule has 1 fully saturated rings. The lowest BCUT2D eigenvalue weighted by Crippen LogP contribution is -2.70. The minimum atomic E-state index is -0.413. The highest BCUT2D eigenvalue weighted by Crippen LogP contribution is 2.26. The van der Waals surface area contributed by atoms with Crippen molar-refractivity contribution in [3.05, 3.63) is 0 Å². The highest BCUT2D eigenvalue weighted by molar-refractivity contribution is 9.08. The fraction of sp³-hybridized carbons (Fsp3) is 1.00. The average molecular weight is 369 g/mol. The van der Waals surface area contributed by atoms with Crippen LogP contribution in [0.25, 0.3) is 0 Å². The van der Waals surface area contributed by atoms with Crippen LogP contribution in [0.5, 0.6) is 0 Å². The number of hydrogen-bond donors (Lipinski definition) is 3. The van der Waals surface area contributed by atoms with E-state index in [-0.39, 0.29) is 0 Å². The fourth-order valence-corrected chi connectivity index (χ4v) is 2.71. The molecule has 1 heterocycles. The first-order valence-electron chi connectivity index (χ1n) is 3.06. The van der Waals surface area contributed by atoms with Crippen LogP contribution in [-0.4, -0.2) is 30.6 Å². The van der Waals surface area contributed by atoms with Crippen molar-refractivity contribution in [2.75, 3.05) is 0 Å². The maximum Gasteiger partial charge on any atom is 0.138 e. The van der Waals surface area contributed by atoms with E-state index in [2.05, 4.69) is 48.4 Å². The van der Waals surface area contributed by atoms with E-state index in [1.807, 2.05) is 0 Å². The van der Waals surface area contributed by atoms with E-state index in [0.29, 0.717) is 0 Å². The molecule has 1 rings (SSSR count). The number of rotatable bonds is 0. The van der Waals surface area contributed by atoms with Gasteiger partial charge in [-0.05, 0) is 0 Å². The number of nitrogens with two attached hydrogens (primary N) is 3. The Kier molecular flexibility index (Phi) is 3.90. The Morgan fingerprint density at radius 3 is 1.00 bits per heavy atom. The Hall–Kier alpha value is 1.20. The Morgan fingerprint density at radius 1 is 0.667 bits per heavy atom. The van der Waals surface area contributed by atoms with Crippen LogP contribution in [0.3, 0.4) is 0 Å². The number of nitrogens with zero attached hydrogens (tertiary/aromatic N) is 3. The summed E-state index contributed by atoms with van der Waals surface area (Å²) in [5.41, 5.74) is 17.1. The maximum absolute atomic E-state index is 5.72. The van der Waals surface area contributed by atoms with Crippen molar-refractivity contribution in [2.24, 2.45) is 17.2 Å². The number of halogens is 3. The van der Waals surface area contributed by atoms with Crippen molar-refractivity contribution in [3.63, 3.8) is 0 Å². The van der Waals surface area contributed by atoms with Crippen molar-refractivity contribution in [3.8, 4) is 0 Å². The molecule has 0 aromatic rings. The van der Waals surface area contributed by atoms with Crippen LogP contribution in [0.1, 0.15) is 0 Å². The Balaban J connectivity index is 2.76. The average Bonchev–Trinajstić information content (AvgIpc) is 2.08. The molecule has 0 bridgehead atoms. The zero-order valence-corrected chi connectivity index (χ0v) is 10.7. The van der Waals surface area contributed by atoms with Gasteiger partial charge < -0.3 is 17.2 Å². The summed E-state index contributed by atoms with van der Waals surface area (Å²) >= 11 is 9.64. The van der Waals surface area contributed by atoms with E-state index in [4.69, 9.17) is 17.2 Å². The first-order valence-corrected chi connectivity index (χ1v) is 5.18. The molecular weight excluding hydrogens is 360 g/mol. The quantitative estimate of drug-likeness (QED) is 0.503. The van der Waals surface area contributed by atoms with Gasteiger partial charge in [-0.15, -0.1) is 0 Å².